The fourth-order valence-corrected chi connectivity index (χ4v) is 2.90. The van der Waals surface area contributed by atoms with E-state index in [1.54, 1.807) is 11.8 Å². The normalized spacial score (nSPS) is 14.2. The largest absolute Gasteiger partial charge is 0.382 e. The molecule has 0 spiro atoms. The summed E-state index contributed by atoms with van der Waals surface area (Å²) in [6.45, 7) is 7.83. The molecule has 2 heterocycles. The van der Waals surface area contributed by atoms with Crippen LogP contribution in [0, 0.1) is 12.0 Å². The lowest BCUT2D eigenvalue weighted by Crippen LogP contribution is -2.48. The molecule has 1 aromatic rings. The van der Waals surface area contributed by atoms with E-state index >= 15 is 0 Å². The number of aromatic nitrogens is 2. The van der Waals surface area contributed by atoms with E-state index in [9.17, 15) is 14.4 Å². The summed E-state index contributed by atoms with van der Waals surface area (Å²) < 4.78 is 1.14. The van der Waals surface area contributed by atoms with Crippen LogP contribution < -0.4 is 26.4 Å². The van der Waals surface area contributed by atoms with Gasteiger partial charge in [-0.05, 0) is 6.92 Å². The first-order chi connectivity index (χ1) is 12.8. The Morgan fingerprint density at radius 2 is 1.85 bits per heavy atom. The number of anilines is 3. The van der Waals surface area contributed by atoms with Gasteiger partial charge in [0.25, 0.3) is 5.56 Å². The van der Waals surface area contributed by atoms with Crippen LogP contribution in [0.15, 0.2) is 4.79 Å². The van der Waals surface area contributed by atoms with E-state index < -0.39 is 17.4 Å². The fraction of sp³-hybridized carbons (Fsp3) is 0.529. The van der Waals surface area contributed by atoms with E-state index in [0.717, 1.165) is 35.6 Å². The Kier molecular flexibility index (Phi) is 6.55. The van der Waals surface area contributed by atoms with Crippen LogP contribution in [0.4, 0.5) is 17.5 Å². The topological polar surface area (TPSA) is 117 Å². The van der Waals surface area contributed by atoms with Crippen LogP contribution in [0.25, 0.3) is 0 Å². The molecule has 0 aromatic carbocycles. The maximum absolute atomic E-state index is 13.0. The van der Waals surface area contributed by atoms with Gasteiger partial charge >= 0.3 is 0 Å². The maximum atomic E-state index is 13.0. The third-order valence-electron chi connectivity index (χ3n) is 4.17. The minimum atomic E-state index is -0.553. The molecular formula is C17H25N7O3. The van der Waals surface area contributed by atoms with Crippen LogP contribution >= 0.6 is 0 Å². The number of carbonyl (C=O) groups excluding carboxylic acids is 2. The second-order valence-corrected chi connectivity index (χ2v) is 6.18. The standard InChI is InChI=1S/C17H25N7O3/c1-5-8-23(11-22-9-6-19-7-10-22)14-15(18)20-17(21(4)16(14)27)24(12(2)25)13(3)26/h19H,6-7,9-11,18H2,1-4H3. The number of imide groups is 1. The van der Waals surface area contributed by atoms with E-state index in [4.69, 9.17) is 5.73 Å². The van der Waals surface area contributed by atoms with E-state index in [2.05, 4.69) is 27.2 Å². The first-order valence-electron chi connectivity index (χ1n) is 8.58. The van der Waals surface area contributed by atoms with Gasteiger partial charge < -0.3 is 11.1 Å². The number of nitrogen functional groups attached to an aromatic ring is 1. The fourth-order valence-electron chi connectivity index (χ4n) is 2.90. The highest BCUT2D eigenvalue weighted by atomic mass is 16.2. The number of amides is 2. The van der Waals surface area contributed by atoms with Crippen molar-refractivity contribution in [3.63, 3.8) is 0 Å². The molecule has 0 atom stereocenters. The molecule has 3 N–H and O–H groups in total. The molecule has 1 aliphatic rings. The Bertz CT molecular complexity index is 833. The highest BCUT2D eigenvalue weighted by Crippen LogP contribution is 2.20. The third-order valence-corrected chi connectivity index (χ3v) is 4.17. The van der Waals surface area contributed by atoms with Crippen LogP contribution in [-0.2, 0) is 16.6 Å². The zero-order chi connectivity index (χ0) is 20.1. The average Bonchev–Trinajstić information content (AvgIpc) is 2.60. The van der Waals surface area contributed by atoms with Crippen molar-refractivity contribution in [3.8, 4) is 12.0 Å². The lowest BCUT2D eigenvalue weighted by Gasteiger charge is -2.31. The van der Waals surface area contributed by atoms with Crippen LogP contribution in [0.2, 0.25) is 0 Å². The van der Waals surface area contributed by atoms with Crippen LogP contribution in [-0.4, -0.2) is 59.1 Å². The summed E-state index contributed by atoms with van der Waals surface area (Å²) in [5.74, 6) is 1.48. The van der Waals surface area contributed by atoms with E-state index in [1.807, 2.05) is 0 Å². The molecule has 146 valence electrons. The van der Waals surface area contributed by atoms with Crippen LogP contribution in [0.1, 0.15) is 20.8 Å². The number of rotatable bonds is 4. The Morgan fingerprint density at radius 1 is 1.26 bits per heavy atom. The van der Waals surface area contributed by atoms with Crippen molar-refractivity contribution in [3.05, 3.63) is 10.4 Å². The minimum Gasteiger partial charge on any atom is -0.382 e. The van der Waals surface area contributed by atoms with Crippen molar-refractivity contribution < 1.29 is 9.59 Å². The molecule has 1 aromatic heterocycles. The molecule has 2 amide bonds. The number of nitrogens with one attached hydrogen (secondary N) is 1. The molecule has 0 bridgehead atoms. The molecule has 1 saturated heterocycles. The molecule has 10 nitrogen and oxygen atoms in total. The second kappa shape index (κ2) is 8.66. The number of piperazine rings is 1. The number of hydrogen-bond acceptors (Lipinski definition) is 8. The third kappa shape index (κ3) is 4.45. The summed E-state index contributed by atoms with van der Waals surface area (Å²) in [5.41, 5.74) is 5.69. The lowest BCUT2D eigenvalue weighted by molar-refractivity contribution is -0.124. The van der Waals surface area contributed by atoms with Crippen molar-refractivity contribution >= 4 is 29.3 Å². The van der Waals surface area contributed by atoms with Crippen molar-refractivity contribution in [1.29, 1.82) is 0 Å². The van der Waals surface area contributed by atoms with Gasteiger partial charge in [0.15, 0.2) is 11.5 Å². The predicted molar refractivity (Wildman–Crippen MR) is 103 cm³/mol. The van der Waals surface area contributed by atoms with Gasteiger partial charge in [0.2, 0.25) is 17.8 Å². The van der Waals surface area contributed by atoms with Crippen molar-refractivity contribution in [2.75, 3.05) is 48.4 Å². The van der Waals surface area contributed by atoms with E-state index in [0.29, 0.717) is 6.67 Å². The van der Waals surface area contributed by atoms with Gasteiger partial charge in [0.05, 0.1) is 6.67 Å². The highest BCUT2D eigenvalue weighted by molar-refractivity contribution is 6.12. The Labute approximate surface area is 157 Å². The lowest BCUT2D eigenvalue weighted by atomic mass is 10.3. The Hall–Kier alpha value is -2.90. The summed E-state index contributed by atoms with van der Waals surface area (Å²) in [6, 6.07) is 2.89. The number of nitrogens with zero attached hydrogens (tertiary/aromatic N) is 5. The molecular weight excluding hydrogens is 350 g/mol. The van der Waals surface area contributed by atoms with Gasteiger partial charge in [-0.15, -0.1) is 0 Å². The van der Waals surface area contributed by atoms with E-state index in [-0.39, 0.29) is 17.5 Å². The van der Waals surface area contributed by atoms with Gasteiger partial charge in [-0.3, -0.25) is 28.8 Å². The average molecular weight is 375 g/mol. The van der Waals surface area contributed by atoms with Gasteiger partial charge in [-0.1, -0.05) is 5.92 Å². The molecule has 27 heavy (non-hydrogen) atoms. The molecule has 0 aliphatic carbocycles. The number of hydrogen-bond donors (Lipinski definition) is 2. The van der Waals surface area contributed by atoms with Crippen molar-refractivity contribution in [2.24, 2.45) is 7.05 Å². The highest BCUT2D eigenvalue weighted by Gasteiger charge is 2.26. The summed E-state index contributed by atoms with van der Waals surface area (Å²) in [6.07, 6.45) is 0. The smallest absolute Gasteiger partial charge is 0.281 e. The monoisotopic (exact) mass is 375 g/mol. The first-order valence-corrected chi connectivity index (χ1v) is 8.58. The van der Waals surface area contributed by atoms with Gasteiger partial charge in [-0.25, -0.2) is 4.90 Å². The molecule has 1 fully saturated rings. The quantitative estimate of drug-likeness (QED) is 0.504. The molecule has 10 heteroatoms. The molecule has 0 radical (unpaired) electrons. The molecule has 0 unspecified atom stereocenters. The van der Waals surface area contributed by atoms with Gasteiger partial charge in [0.1, 0.15) is 0 Å². The Morgan fingerprint density at radius 3 is 2.37 bits per heavy atom. The summed E-state index contributed by atoms with van der Waals surface area (Å²) in [4.78, 5) is 45.3. The van der Waals surface area contributed by atoms with Crippen molar-refractivity contribution in [2.45, 2.75) is 20.8 Å². The molecule has 2 rings (SSSR count). The van der Waals surface area contributed by atoms with Crippen molar-refractivity contribution in [1.82, 2.24) is 19.8 Å². The van der Waals surface area contributed by atoms with E-state index in [1.165, 1.54) is 20.9 Å². The minimum absolute atomic E-state index is 0.0847. The zero-order valence-electron chi connectivity index (χ0n) is 16.1. The zero-order valence-corrected chi connectivity index (χ0v) is 16.1. The van der Waals surface area contributed by atoms with Gasteiger partial charge in [0, 0.05) is 53.1 Å². The maximum Gasteiger partial charge on any atom is 0.281 e. The first kappa shape index (κ1) is 20.4. The number of carbonyl (C=O) groups is 2. The SMILES string of the molecule is CC#CN(CN1CCNCC1)c1c(N)nc(N(C(C)=O)C(C)=O)n(C)c1=O. The van der Waals surface area contributed by atoms with Gasteiger partial charge in [-0.2, -0.15) is 4.98 Å². The summed E-state index contributed by atoms with van der Waals surface area (Å²) in [5, 5.41) is 3.26. The molecule has 0 saturated carbocycles. The molecule has 1 aliphatic heterocycles. The summed E-state index contributed by atoms with van der Waals surface area (Å²) in [7, 11) is 1.44. The second-order valence-electron chi connectivity index (χ2n) is 6.18. The van der Waals surface area contributed by atoms with Crippen LogP contribution in [0.3, 0.4) is 0 Å². The van der Waals surface area contributed by atoms with Crippen LogP contribution in [0.5, 0.6) is 0 Å². The number of nitrogens with two attached hydrogens (primary N) is 1. The predicted octanol–water partition coefficient (Wildman–Crippen LogP) is -1.09. The summed E-state index contributed by atoms with van der Waals surface area (Å²) >= 11 is 0. The Balaban J connectivity index is 2.50.